The van der Waals surface area contributed by atoms with Gasteiger partial charge in [-0.25, -0.2) is 0 Å². The largest absolute Gasteiger partial charge is 0.496 e. The van der Waals surface area contributed by atoms with Gasteiger partial charge in [0, 0.05) is 11.6 Å². The Balaban J connectivity index is 2.68. The average Bonchev–Trinajstić information content (AvgIpc) is 2.46. The zero-order valence-electron chi connectivity index (χ0n) is 12.7. The molecule has 0 aliphatic carbocycles. The van der Waals surface area contributed by atoms with E-state index < -0.39 is 0 Å². The highest BCUT2D eigenvalue weighted by atomic mass is 79.9. The molecule has 0 bridgehead atoms. The van der Waals surface area contributed by atoms with Crippen LogP contribution in [0.15, 0.2) is 16.6 Å². The highest BCUT2D eigenvalue weighted by Crippen LogP contribution is 2.36. The minimum absolute atomic E-state index is 0.00595. The fraction of sp³-hybridized carbons (Fsp3) is 0.625. The summed E-state index contributed by atoms with van der Waals surface area (Å²) in [5.41, 5.74) is 7.33. The molecule has 114 valence electrons. The highest BCUT2D eigenvalue weighted by Gasteiger charge is 2.15. The molecule has 0 fully saturated rings. The Morgan fingerprint density at radius 3 is 2.30 bits per heavy atom. The number of benzene rings is 1. The topological polar surface area (TPSA) is 44.5 Å². The quantitative estimate of drug-likeness (QED) is 0.653. The maximum atomic E-state index is 6.31. The number of methoxy groups -OCH3 is 2. The van der Waals surface area contributed by atoms with E-state index in [2.05, 4.69) is 22.9 Å². The van der Waals surface area contributed by atoms with Gasteiger partial charge in [0.25, 0.3) is 0 Å². The zero-order valence-corrected chi connectivity index (χ0v) is 14.3. The van der Waals surface area contributed by atoms with Gasteiger partial charge < -0.3 is 15.2 Å². The second-order valence-corrected chi connectivity index (χ2v) is 5.89. The first kappa shape index (κ1) is 17.3. The van der Waals surface area contributed by atoms with E-state index in [0.29, 0.717) is 0 Å². The van der Waals surface area contributed by atoms with Gasteiger partial charge in [0.05, 0.1) is 18.7 Å². The summed E-state index contributed by atoms with van der Waals surface area (Å²) in [6.45, 7) is 2.23. The van der Waals surface area contributed by atoms with Crippen LogP contribution in [0, 0.1) is 0 Å². The fourth-order valence-electron chi connectivity index (χ4n) is 2.30. The van der Waals surface area contributed by atoms with Gasteiger partial charge in [0.1, 0.15) is 11.5 Å². The summed E-state index contributed by atoms with van der Waals surface area (Å²) in [6, 6.07) is 3.89. The maximum Gasteiger partial charge on any atom is 0.133 e. The molecule has 20 heavy (non-hydrogen) atoms. The zero-order chi connectivity index (χ0) is 15.0. The molecule has 1 atom stereocenters. The highest BCUT2D eigenvalue weighted by molar-refractivity contribution is 9.10. The summed E-state index contributed by atoms with van der Waals surface area (Å²) in [5, 5.41) is 0. The monoisotopic (exact) mass is 343 g/mol. The van der Waals surface area contributed by atoms with Gasteiger partial charge in [-0.1, -0.05) is 39.0 Å². The molecule has 0 aromatic heterocycles. The van der Waals surface area contributed by atoms with Crippen molar-refractivity contribution in [2.24, 2.45) is 5.73 Å². The normalized spacial score (nSPS) is 12.2. The van der Waals surface area contributed by atoms with Crippen LogP contribution in [-0.2, 0) is 0 Å². The molecule has 3 nitrogen and oxygen atoms in total. The van der Waals surface area contributed by atoms with Crippen LogP contribution < -0.4 is 15.2 Å². The third-order valence-corrected chi connectivity index (χ3v) is 4.14. The van der Waals surface area contributed by atoms with Crippen LogP contribution in [-0.4, -0.2) is 14.2 Å². The van der Waals surface area contributed by atoms with Crippen molar-refractivity contribution in [3.05, 3.63) is 22.2 Å². The fourth-order valence-corrected chi connectivity index (χ4v) is 2.78. The minimum Gasteiger partial charge on any atom is -0.496 e. The number of hydrogen-bond acceptors (Lipinski definition) is 3. The third kappa shape index (κ3) is 4.98. The molecule has 0 radical (unpaired) electrons. The van der Waals surface area contributed by atoms with Gasteiger partial charge in [0.15, 0.2) is 0 Å². The van der Waals surface area contributed by atoms with E-state index in [1.54, 1.807) is 14.2 Å². The summed E-state index contributed by atoms with van der Waals surface area (Å²) >= 11 is 3.47. The van der Waals surface area contributed by atoms with Crippen LogP contribution in [0.1, 0.15) is 57.1 Å². The first-order valence-corrected chi connectivity index (χ1v) is 8.10. The van der Waals surface area contributed by atoms with Crippen molar-refractivity contribution in [2.45, 2.75) is 51.5 Å². The molecule has 0 aliphatic rings. The van der Waals surface area contributed by atoms with E-state index in [4.69, 9.17) is 15.2 Å². The Labute approximate surface area is 131 Å². The molecule has 1 aromatic carbocycles. The molecule has 0 amide bonds. The van der Waals surface area contributed by atoms with E-state index in [0.717, 1.165) is 34.4 Å². The predicted molar refractivity (Wildman–Crippen MR) is 87.6 cm³/mol. The molecule has 1 aromatic rings. The van der Waals surface area contributed by atoms with Crippen molar-refractivity contribution in [3.63, 3.8) is 0 Å². The van der Waals surface area contributed by atoms with Crippen molar-refractivity contribution in [1.29, 1.82) is 0 Å². The minimum atomic E-state index is -0.00595. The van der Waals surface area contributed by atoms with Gasteiger partial charge >= 0.3 is 0 Å². The molecule has 0 spiro atoms. The number of ether oxygens (including phenoxy) is 2. The second kappa shape index (κ2) is 9.24. The number of hydrogen-bond donors (Lipinski definition) is 1. The number of unbranched alkanes of at least 4 members (excludes halogenated alkanes) is 4. The molecule has 0 aliphatic heterocycles. The molecule has 0 saturated heterocycles. The van der Waals surface area contributed by atoms with Crippen LogP contribution in [0.25, 0.3) is 0 Å². The van der Waals surface area contributed by atoms with E-state index in [-0.39, 0.29) is 6.04 Å². The Kier molecular flexibility index (Phi) is 8.00. The summed E-state index contributed by atoms with van der Waals surface area (Å²) < 4.78 is 11.6. The Morgan fingerprint density at radius 1 is 1.05 bits per heavy atom. The van der Waals surface area contributed by atoms with Gasteiger partial charge in [-0.05, 0) is 34.5 Å². The molecule has 1 rings (SSSR count). The van der Waals surface area contributed by atoms with Gasteiger partial charge in [-0.3, -0.25) is 0 Å². The Hall–Kier alpha value is -0.740. The molecular weight excluding hydrogens is 318 g/mol. The third-order valence-electron chi connectivity index (χ3n) is 3.52. The summed E-state index contributed by atoms with van der Waals surface area (Å²) in [6.07, 6.45) is 7.25. The Morgan fingerprint density at radius 2 is 1.70 bits per heavy atom. The molecule has 0 saturated carbocycles. The Bertz CT molecular complexity index is 410. The number of rotatable bonds is 9. The lowest BCUT2D eigenvalue weighted by atomic mass is 9.99. The summed E-state index contributed by atoms with van der Waals surface area (Å²) in [7, 11) is 3.33. The number of nitrogens with two attached hydrogens (primary N) is 1. The summed E-state index contributed by atoms with van der Waals surface area (Å²) in [5.74, 6) is 1.61. The van der Waals surface area contributed by atoms with Crippen molar-refractivity contribution in [2.75, 3.05) is 14.2 Å². The first-order chi connectivity index (χ1) is 9.63. The second-order valence-electron chi connectivity index (χ2n) is 5.04. The van der Waals surface area contributed by atoms with E-state index >= 15 is 0 Å². The lowest BCUT2D eigenvalue weighted by Gasteiger charge is -2.17. The molecule has 0 heterocycles. The summed E-state index contributed by atoms with van der Waals surface area (Å²) in [4.78, 5) is 0. The van der Waals surface area contributed by atoms with Crippen molar-refractivity contribution < 1.29 is 9.47 Å². The van der Waals surface area contributed by atoms with E-state index in [1.165, 1.54) is 25.7 Å². The van der Waals surface area contributed by atoms with Crippen LogP contribution >= 0.6 is 15.9 Å². The van der Waals surface area contributed by atoms with E-state index in [1.807, 2.05) is 12.1 Å². The SMILES string of the molecule is CCCCCCCC(N)c1cc(OC)c(Br)cc1OC. The predicted octanol–water partition coefficient (Wildman–Crippen LogP) is 4.83. The van der Waals surface area contributed by atoms with Crippen LogP contribution in [0.4, 0.5) is 0 Å². The van der Waals surface area contributed by atoms with Crippen LogP contribution in [0.5, 0.6) is 11.5 Å². The van der Waals surface area contributed by atoms with Gasteiger partial charge in [0.2, 0.25) is 0 Å². The average molecular weight is 344 g/mol. The van der Waals surface area contributed by atoms with Crippen LogP contribution in [0.3, 0.4) is 0 Å². The number of halogens is 1. The molecule has 1 unspecified atom stereocenters. The lowest BCUT2D eigenvalue weighted by Crippen LogP contribution is -2.12. The molecular formula is C16H26BrNO2. The smallest absolute Gasteiger partial charge is 0.133 e. The van der Waals surface area contributed by atoms with Crippen molar-refractivity contribution in [3.8, 4) is 11.5 Å². The first-order valence-electron chi connectivity index (χ1n) is 7.31. The van der Waals surface area contributed by atoms with Crippen molar-refractivity contribution >= 4 is 15.9 Å². The molecule has 4 heteroatoms. The maximum absolute atomic E-state index is 6.31. The standard InChI is InChI=1S/C16H26BrNO2/c1-4-5-6-7-8-9-14(18)12-10-16(20-3)13(17)11-15(12)19-2/h10-11,14H,4-9,18H2,1-3H3. The van der Waals surface area contributed by atoms with E-state index in [9.17, 15) is 0 Å². The van der Waals surface area contributed by atoms with Crippen molar-refractivity contribution in [1.82, 2.24) is 0 Å². The van der Waals surface area contributed by atoms with Crippen LogP contribution in [0.2, 0.25) is 0 Å². The molecule has 2 N–H and O–H groups in total. The van der Waals surface area contributed by atoms with Gasteiger partial charge in [-0.15, -0.1) is 0 Å². The van der Waals surface area contributed by atoms with Gasteiger partial charge in [-0.2, -0.15) is 0 Å². The lowest BCUT2D eigenvalue weighted by molar-refractivity contribution is 0.391.